The molecule has 1 aliphatic rings. The maximum absolute atomic E-state index is 6.04. The van der Waals surface area contributed by atoms with Crippen LogP contribution in [0.1, 0.15) is 31.0 Å². The van der Waals surface area contributed by atoms with E-state index >= 15 is 0 Å². The van der Waals surface area contributed by atoms with Gasteiger partial charge in [0.25, 0.3) is 0 Å². The molecule has 1 N–H and O–H groups in total. The zero-order chi connectivity index (χ0) is 15.1. The van der Waals surface area contributed by atoms with Crippen molar-refractivity contribution in [2.45, 2.75) is 26.8 Å². The fraction of sp³-hybridized carbons (Fsp3) is 0.647. The highest BCUT2D eigenvalue weighted by atomic mass is 16.5. The van der Waals surface area contributed by atoms with Crippen LogP contribution in [0.15, 0.2) is 18.2 Å². The molecule has 0 radical (unpaired) electrons. The fourth-order valence-corrected chi connectivity index (χ4v) is 2.66. The van der Waals surface area contributed by atoms with Gasteiger partial charge < -0.3 is 14.8 Å². The van der Waals surface area contributed by atoms with Crippen molar-refractivity contribution in [3.05, 3.63) is 29.3 Å². The van der Waals surface area contributed by atoms with Gasteiger partial charge in [-0.3, -0.25) is 4.90 Å². The summed E-state index contributed by atoms with van der Waals surface area (Å²) >= 11 is 0. The van der Waals surface area contributed by atoms with Crippen molar-refractivity contribution in [2.24, 2.45) is 0 Å². The number of hydrogen-bond acceptors (Lipinski definition) is 4. The average molecular weight is 292 g/mol. The van der Waals surface area contributed by atoms with Crippen molar-refractivity contribution in [3.63, 3.8) is 0 Å². The topological polar surface area (TPSA) is 33.7 Å². The highest BCUT2D eigenvalue weighted by Crippen LogP contribution is 2.26. The van der Waals surface area contributed by atoms with Gasteiger partial charge in [0.1, 0.15) is 12.4 Å². The molecule has 4 heteroatoms. The first-order chi connectivity index (χ1) is 10.2. The van der Waals surface area contributed by atoms with Crippen molar-refractivity contribution in [3.8, 4) is 5.75 Å². The molecule has 0 aliphatic carbocycles. The van der Waals surface area contributed by atoms with Crippen molar-refractivity contribution < 1.29 is 9.47 Å². The van der Waals surface area contributed by atoms with Crippen LogP contribution in [0, 0.1) is 6.92 Å². The quantitative estimate of drug-likeness (QED) is 0.836. The van der Waals surface area contributed by atoms with E-state index < -0.39 is 0 Å². The van der Waals surface area contributed by atoms with Gasteiger partial charge in [-0.2, -0.15) is 0 Å². The molecule has 0 amide bonds. The van der Waals surface area contributed by atoms with E-state index in [0.29, 0.717) is 6.04 Å². The van der Waals surface area contributed by atoms with Gasteiger partial charge in [0, 0.05) is 31.2 Å². The van der Waals surface area contributed by atoms with Crippen molar-refractivity contribution >= 4 is 0 Å². The summed E-state index contributed by atoms with van der Waals surface area (Å²) in [6, 6.07) is 6.75. The van der Waals surface area contributed by atoms with Crippen LogP contribution in [-0.2, 0) is 4.74 Å². The summed E-state index contributed by atoms with van der Waals surface area (Å²) in [7, 11) is 0. The first-order valence-corrected chi connectivity index (χ1v) is 7.97. The average Bonchev–Trinajstić information content (AvgIpc) is 2.50. The van der Waals surface area contributed by atoms with Crippen molar-refractivity contribution in [2.75, 3.05) is 46.0 Å². The van der Waals surface area contributed by atoms with Crippen LogP contribution in [0.3, 0.4) is 0 Å². The van der Waals surface area contributed by atoms with Gasteiger partial charge in [0.2, 0.25) is 0 Å². The lowest BCUT2D eigenvalue weighted by molar-refractivity contribution is 0.0322. The number of benzene rings is 1. The number of rotatable bonds is 7. The Labute approximate surface area is 128 Å². The fourth-order valence-electron chi connectivity index (χ4n) is 2.66. The minimum atomic E-state index is 0.313. The van der Waals surface area contributed by atoms with E-state index in [2.05, 4.69) is 49.2 Å². The van der Waals surface area contributed by atoms with Crippen LogP contribution in [-0.4, -0.2) is 50.9 Å². The second-order valence-electron chi connectivity index (χ2n) is 5.62. The third-order valence-electron chi connectivity index (χ3n) is 3.91. The third kappa shape index (κ3) is 4.99. The van der Waals surface area contributed by atoms with Crippen LogP contribution >= 0.6 is 0 Å². The lowest BCUT2D eigenvalue weighted by Crippen LogP contribution is -2.38. The molecule has 118 valence electrons. The monoisotopic (exact) mass is 292 g/mol. The maximum Gasteiger partial charge on any atom is 0.124 e. The predicted octanol–water partition coefficient (Wildman–Crippen LogP) is 2.38. The van der Waals surface area contributed by atoms with Crippen LogP contribution < -0.4 is 10.1 Å². The van der Waals surface area contributed by atoms with Crippen molar-refractivity contribution in [1.82, 2.24) is 10.2 Å². The lowest BCUT2D eigenvalue weighted by Gasteiger charge is -2.26. The van der Waals surface area contributed by atoms with E-state index in [0.717, 1.165) is 51.7 Å². The van der Waals surface area contributed by atoms with Gasteiger partial charge in [0.05, 0.1) is 13.2 Å². The Morgan fingerprint density at radius 1 is 1.33 bits per heavy atom. The smallest absolute Gasteiger partial charge is 0.124 e. The van der Waals surface area contributed by atoms with E-state index in [1.54, 1.807) is 0 Å². The largest absolute Gasteiger partial charge is 0.492 e. The molecule has 1 aromatic rings. The first-order valence-electron chi connectivity index (χ1n) is 7.97. The molecular weight excluding hydrogens is 264 g/mol. The molecule has 1 atom stereocenters. The summed E-state index contributed by atoms with van der Waals surface area (Å²) in [5, 5.41) is 3.46. The molecule has 0 aromatic heterocycles. The summed E-state index contributed by atoms with van der Waals surface area (Å²) in [6.07, 6.45) is 0. The number of morpholine rings is 1. The molecule has 1 aromatic carbocycles. The minimum absolute atomic E-state index is 0.313. The van der Waals surface area contributed by atoms with Gasteiger partial charge in [-0.05, 0) is 26.5 Å². The second kappa shape index (κ2) is 8.37. The number of hydrogen-bond donors (Lipinski definition) is 1. The number of nitrogens with one attached hydrogen (secondary N) is 1. The molecule has 0 saturated carbocycles. The predicted molar refractivity (Wildman–Crippen MR) is 86.0 cm³/mol. The zero-order valence-electron chi connectivity index (χ0n) is 13.5. The molecular formula is C17H28N2O2. The van der Waals surface area contributed by atoms with Gasteiger partial charge >= 0.3 is 0 Å². The molecule has 0 spiro atoms. The van der Waals surface area contributed by atoms with Gasteiger partial charge in [-0.15, -0.1) is 0 Å². The Balaban J connectivity index is 1.91. The minimum Gasteiger partial charge on any atom is -0.492 e. The maximum atomic E-state index is 6.04. The summed E-state index contributed by atoms with van der Waals surface area (Å²) in [6.45, 7) is 12.8. The van der Waals surface area contributed by atoms with E-state index in [1.165, 1.54) is 11.1 Å². The summed E-state index contributed by atoms with van der Waals surface area (Å²) in [5.41, 5.74) is 2.52. The SMILES string of the molecule is CCNC(C)c1cc(C)ccc1OCCN1CCOCC1. The van der Waals surface area contributed by atoms with Crippen LogP contribution in [0.5, 0.6) is 5.75 Å². The molecule has 1 fully saturated rings. The number of ether oxygens (including phenoxy) is 2. The van der Waals surface area contributed by atoms with Crippen molar-refractivity contribution in [1.29, 1.82) is 0 Å². The van der Waals surface area contributed by atoms with Crippen LogP contribution in [0.2, 0.25) is 0 Å². The Kier molecular flexibility index (Phi) is 6.49. The molecule has 21 heavy (non-hydrogen) atoms. The van der Waals surface area contributed by atoms with E-state index in [1.807, 2.05) is 0 Å². The third-order valence-corrected chi connectivity index (χ3v) is 3.91. The molecule has 4 nitrogen and oxygen atoms in total. The summed E-state index contributed by atoms with van der Waals surface area (Å²) < 4.78 is 11.4. The normalized spacial score (nSPS) is 17.7. The highest BCUT2D eigenvalue weighted by Gasteiger charge is 2.13. The van der Waals surface area contributed by atoms with Gasteiger partial charge in [-0.1, -0.05) is 24.6 Å². The van der Waals surface area contributed by atoms with Crippen LogP contribution in [0.4, 0.5) is 0 Å². The molecule has 1 saturated heterocycles. The molecule has 0 bridgehead atoms. The summed E-state index contributed by atoms with van der Waals surface area (Å²) in [5.74, 6) is 1.00. The zero-order valence-corrected chi connectivity index (χ0v) is 13.5. The van der Waals surface area contributed by atoms with E-state index in [4.69, 9.17) is 9.47 Å². The molecule has 1 aliphatic heterocycles. The summed E-state index contributed by atoms with van der Waals surface area (Å²) in [4.78, 5) is 2.39. The highest BCUT2D eigenvalue weighted by molar-refractivity contribution is 5.39. The van der Waals surface area contributed by atoms with Gasteiger partial charge in [-0.25, -0.2) is 0 Å². The Morgan fingerprint density at radius 2 is 2.10 bits per heavy atom. The molecule has 1 heterocycles. The Bertz CT molecular complexity index is 431. The lowest BCUT2D eigenvalue weighted by atomic mass is 10.0. The second-order valence-corrected chi connectivity index (χ2v) is 5.62. The molecule has 2 rings (SSSR count). The number of aryl methyl sites for hydroxylation is 1. The van der Waals surface area contributed by atoms with Crippen LogP contribution in [0.25, 0.3) is 0 Å². The Morgan fingerprint density at radius 3 is 2.81 bits per heavy atom. The Hall–Kier alpha value is -1.10. The van der Waals surface area contributed by atoms with Gasteiger partial charge in [0.15, 0.2) is 0 Å². The van der Waals surface area contributed by atoms with E-state index in [-0.39, 0.29) is 0 Å². The first kappa shape index (κ1) is 16.3. The number of nitrogens with zero attached hydrogens (tertiary/aromatic N) is 1. The standard InChI is InChI=1S/C17H28N2O2/c1-4-18-15(3)16-13-14(2)5-6-17(16)21-12-9-19-7-10-20-11-8-19/h5-6,13,15,18H,4,7-12H2,1-3H3. The van der Waals surface area contributed by atoms with E-state index in [9.17, 15) is 0 Å². The molecule has 1 unspecified atom stereocenters.